The van der Waals surface area contributed by atoms with Gasteiger partial charge in [-0.2, -0.15) is 0 Å². The van der Waals surface area contributed by atoms with Gasteiger partial charge in [0.25, 0.3) is 5.91 Å². The molecule has 1 heterocycles. The third kappa shape index (κ3) is 2.55. The summed E-state index contributed by atoms with van der Waals surface area (Å²) in [6.45, 7) is 5.13. The molecule has 1 aromatic heterocycles. The first-order chi connectivity index (χ1) is 7.94. The van der Waals surface area contributed by atoms with E-state index < -0.39 is 11.4 Å². The van der Waals surface area contributed by atoms with Crippen molar-refractivity contribution in [1.29, 1.82) is 0 Å². The number of nitrogens with one attached hydrogen (secondary N) is 1. The number of aromatic nitrogens is 1. The normalized spacial score (nSPS) is 15.4. The number of hydrogen-bond donors (Lipinski definition) is 3. The molecule has 0 aromatic carbocycles. The molecule has 7 nitrogen and oxygen atoms in total. The minimum Gasteiger partial charge on any atom is -0.438 e. The van der Waals surface area contributed by atoms with E-state index in [-0.39, 0.29) is 11.6 Å². The summed E-state index contributed by atoms with van der Waals surface area (Å²) >= 11 is 0. The van der Waals surface area contributed by atoms with Crippen molar-refractivity contribution in [3.05, 3.63) is 17.8 Å². The van der Waals surface area contributed by atoms with Gasteiger partial charge >= 0.3 is 0 Å². The molecule has 0 saturated carbocycles. The molecule has 1 atom stereocenters. The highest BCUT2D eigenvalue weighted by atomic mass is 16.4. The number of aryl methyl sites for hydroxylation is 1. The third-order valence-corrected chi connectivity index (χ3v) is 2.72. The molecular formula is C10H16N4O3. The molecule has 0 radical (unpaired) electrons. The predicted molar refractivity (Wildman–Crippen MR) is 60.8 cm³/mol. The van der Waals surface area contributed by atoms with E-state index in [1.54, 1.807) is 13.8 Å². The molecule has 4 N–H and O–H groups in total. The summed E-state index contributed by atoms with van der Waals surface area (Å²) in [5, 5.41) is 14.2. The number of amides is 1. The fraction of sp³-hybridized carbons (Fsp3) is 0.500. The summed E-state index contributed by atoms with van der Waals surface area (Å²) in [5.41, 5.74) is 5.10. The lowest BCUT2D eigenvalue weighted by molar-refractivity contribution is 0.0895. The van der Waals surface area contributed by atoms with Crippen molar-refractivity contribution < 1.29 is 14.4 Å². The fourth-order valence-corrected chi connectivity index (χ4v) is 1.27. The lowest BCUT2D eigenvalue weighted by Gasteiger charge is -2.27. The maximum atomic E-state index is 11.9. The number of oxazole rings is 1. The molecule has 0 spiro atoms. The van der Waals surface area contributed by atoms with Crippen LogP contribution < -0.4 is 11.1 Å². The number of nitrogens with two attached hydrogens (primary N) is 1. The van der Waals surface area contributed by atoms with Crippen molar-refractivity contribution in [3.63, 3.8) is 0 Å². The van der Waals surface area contributed by atoms with E-state index in [4.69, 9.17) is 15.4 Å². The fourth-order valence-electron chi connectivity index (χ4n) is 1.27. The van der Waals surface area contributed by atoms with Crippen LogP contribution in [0.15, 0.2) is 16.0 Å². The van der Waals surface area contributed by atoms with Crippen LogP contribution in [0.1, 0.15) is 36.5 Å². The van der Waals surface area contributed by atoms with E-state index in [0.29, 0.717) is 12.1 Å². The second-order valence-corrected chi connectivity index (χ2v) is 3.89. The van der Waals surface area contributed by atoms with Crippen LogP contribution in [-0.4, -0.2) is 27.5 Å². The quantitative estimate of drug-likeness (QED) is 0.309. The first kappa shape index (κ1) is 13.0. The van der Waals surface area contributed by atoms with Crippen LogP contribution >= 0.6 is 0 Å². The molecule has 7 heteroatoms. The lowest BCUT2D eigenvalue weighted by Crippen LogP contribution is -2.55. The highest BCUT2D eigenvalue weighted by Gasteiger charge is 2.31. The molecule has 0 bridgehead atoms. The Balaban J connectivity index is 2.91. The Bertz CT molecular complexity index is 441. The number of amidine groups is 1. The van der Waals surface area contributed by atoms with Gasteiger partial charge in [-0.3, -0.25) is 4.79 Å². The van der Waals surface area contributed by atoms with E-state index in [2.05, 4.69) is 15.5 Å². The number of hydrogen-bond acceptors (Lipinski definition) is 5. The van der Waals surface area contributed by atoms with E-state index in [9.17, 15) is 4.79 Å². The molecule has 0 aliphatic rings. The first-order valence-electron chi connectivity index (χ1n) is 5.15. The zero-order valence-electron chi connectivity index (χ0n) is 10.0. The molecule has 1 unspecified atom stereocenters. The van der Waals surface area contributed by atoms with Crippen LogP contribution in [0.5, 0.6) is 0 Å². The summed E-state index contributed by atoms with van der Waals surface area (Å²) in [7, 11) is 0. The highest BCUT2D eigenvalue weighted by molar-refractivity contribution is 5.98. The number of rotatable bonds is 4. The van der Waals surface area contributed by atoms with E-state index in [1.165, 1.54) is 6.39 Å². The lowest BCUT2D eigenvalue weighted by atomic mass is 9.97. The van der Waals surface area contributed by atoms with Crippen molar-refractivity contribution in [3.8, 4) is 0 Å². The van der Waals surface area contributed by atoms with Gasteiger partial charge in [0.05, 0.1) is 11.2 Å². The van der Waals surface area contributed by atoms with Crippen LogP contribution in [0.3, 0.4) is 0 Å². The van der Waals surface area contributed by atoms with Gasteiger partial charge in [0, 0.05) is 0 Å². The summed E-state index contributed by atoms with van der Waals surface area (Å²) in [6.07, 6.45) is 1.67. The van der Waals surface area contributed by atoms with Crippen LogP contribution in [0, 0.1) is 6.92 Å². The molecule has 17 heavy (non-hydrogen) atoms. The molecule has 0 aliphatic carbocycles. The van der Waals surface area contributed by atoms with Crippen molar-refractivity contribution in [2.24, 2.45) is 10.9 Å². The average molecular weight is 240 g/mol. The molecule has 1 aromatic rings. The minimum atomic E-state index is -0.926. The minimum absolute atomic E-state index is 0.0643. The van der Waals surface area contributed by atoms with Crippen molar-refractivity contribution in [2.75, 3.05) is 0 Å². The molecule has 0 saturated heterocycles. The van der Waals surface area contributed by atoms with Gasteiger partial charge in [0.1, 0.15) is 0 Å². The topological polar surface area (TPSA) is 114 Å². The molecule has 0 fully saturated rings. The second kappa shape index (κ2) is 4.86. The Morgan fingerprint density at radius 3 is 2.82 bits per heavy atom. The van der Waals surface area contributed by atoms with Crippen molar-refractivity contribution >= 4 is 11.7 Å². The average Bonchev–Trinajstić information content (AvgIpc) is 2.74. The Morgan fingerprint density at radius 2 is 2.41 bits per heavy atom. The van der Waals surface area contributed by atoms with Crippen LogP contribution in [0.25, 0.3) is 0 Å². The van der Waals surface area contributed by atoms with Gasteiger partial charge in [0.2, 0.25) is 5.76 Å². The van der Waals surface area contributed by atoms with Crippen LogP contribution in [-0.2, 0) is 0 Å². The van der Waals surface area contributed by atoms with E-state index in [0.717, 1.165) is 0 Å². The number of nitrogens with zero attached hydrogens (tertiary/aromatic N) is 2. The van der Waals surface area contributed by atoms with E-state index >= 15 is 0 Å². The summed E-state index contributed by atoms with van der Waals surface area (Å²) in [4.78, 5) is 15.7. The SMILES string of the molecule is CCC(C)(NC(=O)c1ocnc1C)C(N)=NO. The maximum absolute atomic E-state index is 11.9. The molecule has 1 rings (SSSR count). The second-order valence-electron chi connectivity index (χ2n) is 3.89. The van der Waals surface area contributed by atoms with Gasteiger partial charge < -0.3 is 20.7 Å². The Kier molecular flexibility index (Phi) is 3.72. The standard InChI is InChI=1S/C10H16N4O3/c1-4-10(3,9(11)14-16)13-8(15)7-6(2)12-5-17-7/h5,16H,4H2,1-3H3,(H2,11,14)(H,13,15). The van der Waals surface area contributed by atoms with Gasteiger partial charge in [-0.1, -0.05) is 12.1 Å². The monoisotopic (exact) mass is 240 g/mol. The molecule has 0 aliphatic heterocycles. The van der Waals surface area contributed by atoms with Gasteiger partial charge in [-0.05, 0) is 20.3 Å². The zero-order chi connectivity index (χ0) is 13.1. The maximum Gasteiger partial charge on any atom is 0.289 e. The van der Waals surface area contributed by atoms with Gasteiger partial charge in [-0.25, -0.2) is 4.98 Å². The smallest absolute Gasteiger partial charge is 0.289 e. The summed E-state index contributed by atoms with van der Waals surface area (Å²) in [6, 6.07) is 0. The Morgan fingerprint density at radius 1 is 1.76 bits per heavy atom. The Labute approximate surface area is 98.7 Å². The number of carbonyl (C=O) groups excluding carboxylic acids is 1. The Hall–Kier alpha value is -2.05. The molecule has 94 valence electrons. The van der Waals surface area contributed by atoms with Crippen LogP contribution in [0.2, 0.25) is 0 Å². The van der Waals surface area contributed by atoms with Crippen LogP contribution in [0.4, 0.5) is 0 Å². The molecular weight excluding hydrogens is 224 g/mol. The van der Waals surface area contributed by atoms with Gasteiger partial charge in [0.15, 0.2) is 12.2 Å². The summed E-state index contributed by atoms with van der Waals surface area (Å²) in [5.74, 6) is -0.392. The van der Waals surface area contributed by atoms with Crippen molar-refractivity contribution in [1.82, 2.24) is 10.3 Å². The third-order valence-electron chi connectivity index (χ3n) is 2.72. The zero-order valence-corrected chi connectivity index (χ0v) is 10.0. The summed E-state index contributed by atoms with van der Waals surface area (Å²) < 4.78 is 4.96. The van der Waals surface area contributed by atoms with E-state index in [1.807, 2.05) is 6.92 Å². The van der Waals surface area contributed by atoms with Gasteiger partial charge in [-0.15, -0.1) is 0 Å². The largest absolute Gasteiger partial charge is 0.438 e. The predicted octanol–water partition coefficient (Wildman–Crippen LogP) is 0.628. The first-order valence-corrected chi connectivity index (χ1v) is 5.15. The van der Waals surface area contributed by atoms with Crippen molar-refractivity contribution in [2.45, 2.75) is 32.7 Å². The molecule has 1 amide bonds. The number of oxime groups is 1. The highest BCUT2D eigenvalue weighted by Crippen LogP contribution is 2.12. The number of carbonyl (C=O) groups is 1.